The number of fused-ring (bicyclic) bond motifs is 1. The summed E-state index contributed by atoms with van der Waals surface area (Å²) >= 11 is 0. The van der Waals surface area contributed by atoms with Crippen LogP contribution in [0.1, 0.15) is 33.4 Å². The molecule has 0 spiro atoms. The van der Waals surface area contributed by atoms with E-state index in [-0.39, 0.29) is 11.5 Å². The van der Waals surface area contributed by atoms with Gasteiger partial charge in [0.05, 0.1) is 18.3 Å². The molecule has 6 heteroatoms. The summed E-state index contributed by atoms with van der Waals surface area (Å²) in [5, 5.41) is 6.66. The molecule has 0 aliphatic heterocycles. The minimum Gasteiger partial charge on any atom is -0.379 e. The van der Waals surface area contributed by atoms with E-state index in [0.717, 1.165) is 36.8 Å². The molecule has 2 N–H and O–H groups in total. The lowest BCUT2D eigenvalue weighted by Crippen LogP contribution is -2.40. The maximum absolute atomic E-state index is 5.58. The third-order valence-electron chi connectivity index (χ3n) is 4.10. The second kappa shape index (κ2) is 8.85. The first-order chi connectivity index (χ1) is 11.9. The molecule has 0 saturated carbocycles. The highest BCUT2D eigenvalue weighted by Crippen LogP contribution is 2.21. The molecule has 1 atom stereocenters. The maximum Gasteiger partial charge on any atom is 0.191 e. The smallest absolute Gasteiger partial charge is 0.191 e. The predicted octanol–water partition coefficient (Wildman–Crippen LogP) is 2.49. The number of hydrogen-bond acceptors (Lipinski definition) is 3. The Labute approximate surface area is 150 Å². The molecule has 2 aromatic heterocycles. The summed E-state index contributed by atoms with van der Waals surface area (Å²) in [5.74, 6) is 0.817. The van der Waals surface area contributed by atoms with Crippen LogP contribution in [-0.2, 0) is 11.2 Å². The van der Waals surface area contributed by atoms with Crippen molar-refractivity contribution in [3.05, 3.63) is 36.3 Å². The number of aromatic nitrogens is 2. The van der Waals surface area contributed by atoms with Gasteiger partial charge in [0.2, 0.25) is 0 Å². The van der Waals surface area contributed by atoms with E-state index in [9.17, 15) is 0 Å². The topological polar surface area (TPSA) is 63.0 Å². The molecular weight excluding hydrogens is 314 g/mol. The summed E-state index contributed by atoms with van der Waals surface area (Å²) in [6.07, 6.45) is 5.02. The average Bonchev–Trinajstić information content (AvgIpc) is 2.96. The number of methoxy groups -OCH3 is 1. The Kier molecular flexibility index (Phi) is 6.82. The molecule has 138 valence electrons. The molecule has 0 fully saturated rings. The molecule has 2 aromatic rings. The molecule has 0 amide bonds. The van der Waals surface area contributed by atoms with Gasteiger partial charge in [-0.2, -0.15) is 0 Å². The standard InChI is InChI=1S/C19H31N5O/c1-6-20-18(22-13-16(25-5)19(2,3)4)21-11-10-15-14-24-12-8-7-9-17(24)23-15/h7-9,12,14,16H,6,10-11,13H2,1-5H3,(H2,20,21,22). The van der Waals surface area contributed by atoms with Crippen LogP contribution in [0.2, 0.25) is 0 Å². The van der Waals surface area contributed by atoms with Crippen molar-refractivity contribution in [2.24, 2.45) is 10.4 Å². The van der Waals surface area contributed by atoms with Crippen LogP contribution in [0.5, 0.6) is 0 Å². The number of aliphatic imine (C=N–C) groups is 1. The fraction of sp³-hybridized carbons (Fsp3) is 0.579. The van der Waals surface area contributed by atoms with E-state index in [2.05, 4.69) is 54.5 Å². The monoisotopic (exact) mass is 345 g/mol. The van der Waals surface area contributed by atoms with Crippen LogP contribution in [0.4, 0.5) is 0 Å². The van der Waals surface area contributed by atoms with E-state index >= 15 is 0 Å². The zero-order chi connectivity index (χ0) is 18.3. The number of nitrogens with one attached hydrogen (secondary N) is 2. The van der Waals surface area contributed by atoms with Gasteiger partial charge in [-0.3, -0.25) is 4.99 Å². The van der Waals surface area contributed by atoms with Crippen LogP contribution in [0.15, 0.2) is 35.6 Å². The molecule has 0 aliphatic carbocycles. The van der Waals surface area contributed by atoms with Crippen molar-refractivity contribution in [2.75, 3.05) is 26.7 Å². The lowest BCUT2D eigenvalue weighted by Gasteiger charge is -2.28. The van der Waals surface area contributed by atoms with Gasteiger partial charge in [-0.25, -0.2) is 4.98 Å². The third kappa shape index (κ3) is 5.74. The van der Waals surface area contributed by atoms with E-state index < -0.39 is 0 Å². The van der Waals surface area contributed by atoms with E-state index in [1.54, 1.807) is 7.11 Å². The first kappa shape index (κ1) is 19.2. The van der Waals surface area contributed by atoms with Crippen molar-refractivity contribution in [3.63, 3.8) is 0 Å². The highest BCUT2D eigenvalue weighted by atomic mass is 16.5. The Balaban J connectivity index is 1.91. The van der Waals surface area contributed by atoms with Gasteiger partial charge in [0, 0.05) is 39.0 Å². The molecule has 25 heavy (non-hydrogen) atoms. The van der Waals surface area contributed by atoms with Gasteiger partial charge in [0.1, 0.15) is 5.65 Å². The largest absolute Gasteiger partial charge is 0.379 e. The first-order valence-corrected chi connectivity index (χ1v) is 8.91. The SMILES string of the molecule is CCNC(=NCC(OC)C(C)(C)C)NCCc1cn2ccccc2n1. The lowest BCUT2D eigenvalue weighted by molar-refractivity contribution is 0.0241. The van der Waals surface area contributed by atoms with E-state index in [4.69, 9.17) is 4.74 Å². The molecule has 0 aliphatic rings. The second-order valence-electron chi connectivity index (χ2n) is 7.19. The highest BCUT2D eigenvalue weighted by molar-refractivity contribution is 5.79. The van der Waals surface area contributed by atoms with Crippen LogP contribution in [0.25, 0.3) is 5.65 Å². The van der Waals surface area contributed by atoms with Gasteiger partial charge in [-0.05, 0) is 24.5 Å². The van der Waals surface area contributed by atoms with Gasteiger partial charge in [-0.1, -0.05) is 26.8 Å². The summed E-state index contributed by atoms with van der Waals surface area (Å²) in [6.45, 7) is 10.8. The second-order valence-corrected chi connectivity index (χ2v) is 7.19. The van der Waals surface area contributed by atoms with Gasteiger partial charge < -0.3 is 19.8 Å². The summed E-state index contributed by atoms with van der Waals surface area (Å²) in [7, 11) is 1.75. The molecule has 2 rings (SSSR count). The van der Waals surface area contributed by atoms with E-state index in [1.165, 1.54) is 0 Å². The normalized spacial score (nSPS) is 13.9. The van der Waals surface area contributed by atoms with Crippen LogP contribution in [-0.4, -0.2) is 48.2 Å². The van der Waals surface area contributed by atoms with Gasteiger partial charge in [0.15, 0.2) is 5.96 Å². The van der Waals surface area contributed by atoms with Crippen LogP contribution in [0.3, 0.4) is 0 Å². The average molecular weight is 345 g/mol. The number of pyridine rings is 1. The first-order valence-electron chi connectivity index (χ1n) is 8.91. The van der Waals surface area contributed by atoms with Gasteiger partial charge >= 0.3 is 0 Å². The number of nitrogens with zero attached hydrogens (tertiary/aromatic N) is 3. The minimum absolute atomic E-state index is 0.0616. The zero-order valence-electron chi connectivity index (χ0n) is 16.0. The Hall–Kier alpha value is -2.08. The van der Waals surface area contributed by atoms with Crippen molar-refractivity contribution in [1.29, 1.82) is 0 Å². The molecule has 0 bridgehead atoms. The predicted molar refractivity (Wildman–Crippen MR) is 103 cm³/mol. The van der Waals surface area contributed by atoms with Crippen molar-refractivity contribution in [2.45, 2.75) is 40.2 Å². The Morgan fingerprint density at radius 3 is 2.76 bits per heavy atom. The summed E-state index contributed by atoms with van der Waals surface area (Å²) in [6, 6.07) is 6.02. The van der Waals surface area contributed by atoms with E-state index in [0.29, 0.717) is 6.54 Å². The molecule has 0 aromatic carbocycles. The van der Waals surface area contributed by atoms with Gasteiger partial charge in [0.25, 0.3) is 0 Å². The molecule has 2 heterocycles. The fourth-order valence-corrected chi connectivity index (χ4v) is 2.63. The zero-order valence-corrected chi connectivity index (χ0v) is 16.0. The number of hydrogen-bond donors (Lipinski definition) is 2. The van der Waals surface area contributed by atoms with Crippen molar-refractivity contribution < 1.29 is 4.74 Å². The molecule has 0 radical (unpaired) electrons. The number of ether oxygens (including phenoxy) is 1. The Bertz CT molecular complexity index is 653. The summed E-state index contributed by atoms with van der Waals surface area (Å²) < 4.78 is 7.62. The number of imidazole rings is 1. The Morgan fingerprint density at radius 1 is 1.32 bits per heavy atom. The summed E-state index contributed by atoms with van der Waals surface area (Å²) in [5.41, 5.74) is 2.11. The highest BCUT2D eigenvalue weighted by Gasteiger charge is 2.24. The Morgan fingerprint density at radius 2 is 2.12 bits per heavy atom. The third-order valence-corrected chi connectivity index (χ3v) is 4.10. The molecule has 6 nitrogen and oxygen atoms in total. The van der Waals surface area contributed by atoms with Gasteiger partial charge in [-0.15, -0.1) is 0 Å². The van der Waals surface area contributed by atoms with Crippen molar-refractivity contribution >= 4 is 11.6 Å². The quantitative estimate of drug-likeness (QED) is 0.598. The maximum atomic E-state index is 5.58. The fourth-order valence-electron chi connectivity index (χ4n) is 2.63. The van der Waals surface area contributed by atoms with Crippen molar-refractivity contribution in [1.82, 2.24) is 20.0 Å². The van der Waals surface area contributed by atoms with Crippen LogP contribution >= 0.6 is 0 Å². The summed E-state index contributed by atoms with van der Waals surface area (Å²) in [4.78, 5) is 9.29. The lowest BCUT2D eigenvalue weighted by atomic mass is 9.89. The number of guanidine groups is 1. The molecular formula is C19H31N5O. The minimum atomic E-state index is 0.0616. The number of rotatable bonds is 7. The van der Waals surface area contributed by atoms with E-state index in [1.807, 2.05) is 28.8 Å². The molecule has 1 unspecified atom stereocenters. The molecule has 0 saturated heterocycles. The van der Waals surface area contributed by atoms with Crippen molar-refractivity contribution in [3.8, 4) is 0 Å². The van der Waals surface area contributed by atoms with Crippen LogP contribution in [0, 0.1) is 5.41 Å². The van der Waals surface area contributed by atoms with Crippen LogP contribution < -0.4 is 10.6 Å².